The molecule has 21 heavy (non-hydrogen) atoms. The third-order valence-corrected chi connectivity index (χ3v) is 5.56. The maximum Gasteiger partial charge on any atom is 0.158 e. The molecule has 3 N–H and O–H groups in total. The molecule has 2 atom stereocenters. The van der Waals surface area contributed by atoms with E-state index in [4.69, 9.17) is 5.73 Å². The van der Waals surface area contributed by atoms with Crippen molar-refractivity contribution in [2.75, 3.05) is 0 Å². The summed E-state index contributed by atoms with van der Waals surface area (Å²) in [6.45, 7) is 4.14. The summed E-state index contributed by atoms with van der Waals surface area (Å²) in [6.07, 6.45) is 4.28. The van der Waals surface area contributed by atoms with Crippen LogP contribution in [0.15, 0.2) is 23.9 Å². The second kappa shape index (κ2) is 4.04. The molecule has 0 bridgehead atoms. The van der Waals surface area contributed by atoms with Gasteiger partial charge in [-0.1, -0.05) is 13.0 Å². The van der Waals surface area contributed by atoms with E-state index in [2.05, 4.69) is 23.2 Å². The molecule has 1 heterocycles. The number of aromatic nitrogens is 2. The zero-order chi connectivity index (χ0) is 14.8. The number of nitrogens with zero attached hydrogens (tertiary/aromatic N) is 1. The first-order valence-corrected chi connectivity index (χ1v) is 7.56. The van der Waals surface area contributed by atoms with Gasteiger partial charge in [-0.15, -0.1) is 0 Å². The molecule has 4 rings (SSSR count). The molecule has 0 radical (unpaired) electrons. The van der Waals surface area contributed by atoms with Crippen molar-refractivity contribution in [3.63, 3.8) is 0 Å². The minimum Gasteiger partial charge on any atom is -0.323 e. The molecule has 0 fully saturated rings. The Balaban J connectivity index is 2.12. The summed E-state index contributed by atoms with van der Waals surface area (Å²) in [6, 6.07) is 4.08. The third-order valence-electron chi connectivity index (χ3n) is 5.56. The summed E-state index contributed by atoms with van der Waals surface area (Å²) in [4.78, 5) is 12.2. The number of fused-ring (bicyclic) bond motifs is 5. The van der Waals surface area contributed by atoms with Gasteiger partial charge >= 0.3 is 0 Å². The Bertz CT molecular complexity index is 801. The predicted molar refractivity (Wildman–Crippen MR) is 82.6 cm³/mol. The van der Waals surface area contributed by atoms with Crippen molar-refractivity contribution in [1.82, 2.24) is 10.2 Å². The van der Waals surface area contributed by atoms with Gasteiger partial charge in [0.15, 0.2) is 5.78 Å². The average molecular weight is 281 g/mol. The topological polar surface area (TPSA) is 71.8 Å². The predicted octanol–water partition coefficient (Wildman–Crippen LogP) is 3.11. The van der Waals surface area contributed by atoms with Gasteiger partial charge in [-0.3, -0.25) is 9.89 Å². The Kier molecular flexibility index (Phi) is 2.46. The summed E-state index contributed by atoms with van der Waals surface area (Å²) < 4.78 is 0. The lowest BCUT2D eigenvalue weighted by molar-refractivity contribution is -0.116. The number of allylic oxidation sites excluding steroid dienone is 1. The molecule has 0 unspecified atom stereocenters. The van der Waals surface area contributed by atoms with Crippen molar-refractivity contribution in [2.24, 2.45) is 11.1 Å². The highest BCUT2D eigenvalue weighted by molar-refractivity contribution is 6.07. The molecule has 2 aliphatic rings. The van der Waals surface area contributed by atoms with Gasteiger partial charge in [-0.2, -0.15) is 5.10 Å². The molecule has 2 aliphatic carbocycles. The second-order valence-electron chi connectivity index (χ2n) is 6.27. The fraction of sp³-hybridized carbons (Fsp3) is 0.412. The zero-order valence-corrected chi connectivity index (χ0v) is 12.4. The van der Waals surface area contributed by atoms with Crippen LogP contribution in [0.1, 0.15) is 50.3 Å². The molecular formula is C17H19N3O. The van der Waals surface area contributed by atoms with Gasteiger partial charge < -0.3 is 5.73 Å². The molecule has 108 valence electrons. The van der Waals surface area contributed by atoms with Crippen molar-refractivity contribution in [3.05, 3.63) is 35.0 Å². The number of hydrogen-bond donors (Lipinski definition) is 2. The lowest BCUT2D eigenvalue weighted by Crippen LogP contribution is -2.34. The van der Waals surface area contributed by atoms with Crippen molar-refractivity contribution in [3.8, 4) is 0 Å². The number of hydrogen-bond acceptors (Lipinski definition) is 3. The van der Waals surface area contributed by atoms with E-state index in [-0.39, 0.29) is 17.2 Å². The molecule has 4 heteroatoms. The highest BCUT2D eigenvalue weighted by Crippen LogP contribution is 2.61. The first-order valence-electron chi connectivity index (χ1n) is 7.56. The van der Waals surface area contributed by atoms with Crippen LogP contribution in [0.3, 0.4) is 0 Å². The number of carbonyl (C=O) groups is 1. The van der Waals surface area contributed by atoms with E-state index >= 15 is 0 Å². The Hall–Kier alpha value is -1.94. The molecule has 4 nitrogen and oxygen atoms in total. The van der Waals surface area contributed by atoms with E-state index in [1.165, 1.54) is 5.57 Å². The van der Waals surface area contributed by atoms with E-state index in [0.29, 0.717) is 6.42 Å². The van der Waals surface area contributed by atoms with Crippen LogP contribution in [-0.4, -0.2) is 16.0 Å². The molecule has 0 spiro atoms. The Morgan fingerprint density at radius 2 is 2.29 bits per heavy atom. The van der Waals surface area contributed by atoms with Gasteiger partial charge in [-0.05, 0) is 48.1 Å². The minimum atomic E-state index is -0.0914. The smallest absolute Gasteiger partial charge is 0.158 e. The molecule has 0 amide bonds. The van der Waals surface area contributed by atoms with Crippen molar-refractivity contribution < 1.29 is 4.79 Å². The number of H-pyrrole nitrogens is 1. The number of aromatic amines is 1. The highest BCUT2D eigenvalue weighted by atomic mass is 16.1. The van der Waals surface area contributed by atoms with Crippen LogP contribution < -0.4 is 5.73 Å². The average Bonchev–Trinajstić information content (AvgIpc) is 3.05. The van der Waals surface area contributed by atoms with Crippen LogP contribution in [0.4, 0.5) is 0 Å². The molecular weight excluding hydrogens is 262 g/mol. The van der Waals surface area contributed by atoms with Gasteiger partial charge in [0.25, 0.3) is 0 Å². The van der Waals surface area contributed by atoms with Crippen molar-refractivity contribution in [2.45, 2.75) is 39.2 Å². The summed E-state index contributed by atoms with van der Waals surface area (Å²) >= 11 is 0. The quantitative estimate of drug-likeness (QED) is 0.843. The number of ketones is 1. The van der Waals surface area contributed by atoms with E-state index in [0.717, 1.165) is 40.4 Å². The number of nitrogens with two attached hydrogens (primary N) is 1. The fourth-order valence-electron chi connectivity index (χ4n) is 4.39. The molecule has 0 aliphatic heterocycles. The largest absolute Gasteiger partial charge is 0.323 e. The number of rotatable bonds is 1. The number of benzene rings is 1. The maximum atomic E-state index is 12.2. The van der Waals surface area contributed by atoms with Gasteiger partial charge in [-0.25, -0.2) is 0 Å². The van der Waals surface area contributed by atoms with Crippen molar-refractivity contribution in [1.29, 1.82) is 0 Å². The fourth-order valence-corrected chi connectivity index (χ4v) is 4.39. The number of nitrogens with one attached hydrogen (secondary N) is 1. The van der Waals surface area contributed by atoms with E-state index in [9.17, 15) is 4.79 Å². The lowest BCUT2D eigenvalue weighted by atomic mass is 9.66. The maximum absolute atomic E-state index is 12.2. The van der Waals surface area contributed by atoms with E-state index in [1.54, 1.807) is 0 Å². The SMILES string of the molecule is CC[C@@]12CCC(=O)C(C)=C1c1ccc3[nH]ncc3c1[C@@H]2N. The molecule has 2 aromatic rings. The highest BCUT2D eigenvalue weighted by Gasteiger charge is 2.50. The number of Topliss-reactive ketones (excluding diaryl/α,β-unsaturated/α-hetero) is 1. The molecule has 0 saturated heterocycles. The molecule has 1 aromatic carbocycles. The van der Waals surface area contributed by atoms with Crippen LogP contribution in [0.5, 0.6) is 0 Å². The first-order chi connectivity index (χ1) is 10.1. The second-order valence-corrected chi connectivity index (χ2v) is 6.27. The zero-order valence-electron chi connectivity index (χ0n) is 12.4. The summed E-state index contributed by atoms with van der Waals surface area (Å²) in [5, 5.41) is 8.26. The summed E-state index contributed by atoms with van der Waals surface area (Å²) in [5.74, 6) is 0.265. The van der Waals surface area contributed by atoms with Crippen LogP contribution >= 0.6 is 0 Å². The van der Waals surface area contributed by atoms with E-state index in [1.807, 2.05) is 19.2 Å². The third kappa shape index (κ3) is 1.38. The van der Waals surface area contributed by atoms with Gasteiger partial charge in [0.2, 0.25) is 0 Å². The van der Waals surface area contributed by atoms with E-state index < -0.39 is 0 Å². The lowest BCUT2D eigenvalue weighted by Gasteiger charge is -2.38. The standard InChI is InChI=1S/C17H19N3O/c1-3-17-7-6-13(21)9(2)15(17)10-4-5-12-11(8-19-20-12)14(10)16(17)18/h4-5,8,16H,3,6-7,18H2,1-2H3,(H,19,20)/t16-,17+/m0/s1. The van der Waals surface area contributed by atoms with Crippen molar-refractivity contribution >= 4 is 22.3 Å². The minimum absolute atomic E-state index is 0.0585. The normalized spacial score (nSPS) is 28.1. The Morgan fingerprint density at radius 3 is 3.05 bits per heavy atom. The van der Waals surface area contributed by atoms with Crippen LogP contribution in [0.2, 0.25) is 0 Å². The number of carbonyl (C=O) groups excluding carboxylic acids is 1. The summed E-state index contributed by atoms with van der Waals surface area (Å²) in [5.41, 5.74) is 12.0. The van der Waals surface area contributed by atoms with Crippen LogP contribution in [-0.2, 0) is 4.79 Å². The molecule has 0 saturated carbocycles. The Labute approximate surface area is 123 Å². The van der Waals surface area contributed by atoms with Gasteiger partial charge in [0, 0.05) is 23.3 Å². The molecule has 1 aromatic heterocycles. The van der Waals surface area contributed by atoms with Crippen LogP contribution in [0, 0.1) is 5.41 Å². The van der Waals surface area contributed by atoms with Gasteiger partial charge in [0.05, 0.1) is 11.7 Å². The monoisotopic (exact) mass is 281 g/mol. The summed E-state index contributed by atoms with van der Waals surface area (Å²) in [7, 11) is 0. The van der Waals surface area contributed by atoms with Crippen LogP contribution in [0.25, 0.3) is 16.5 Å². The van der Waals surface area contributed by atoms with Gasteiger partial charge in [0.1, 0.15) is 0 Å². The first kappa shape index (κ1) is 12.8. The Morgan fingerprint density at radius 1 is 1.48 bits per heavy atom.